The molecule has 0 bridgehead atoms. The molecule has 2 heteroatoms. The molecule has 1 aliphatic carbocycles. The van der Waals surface area contributed by atoms with Crippen molar-refractivity contribution in [2.45, 2.75) is 31.1 Å². The molecule has 1 nitrogen and oxygen atoms in total. The molecule has 0 aromatic heterocycles. The van der Waals surface area contributed by atoms with Gasteiger partial charge in [-0.05, 0) is 48.6 Å². The zero-order valence-electron chi connectivity index (χ0n) is 11.5. The van der Waals surface area contributed by atoms with E-state index in [2.05, 4.69) is 12.1 Å². The molecule has 1 saturated carbocycles. The summed E-state index contributed by atoms with van der Waals surface area (Å²) < 4.78 is 5.80. The monoisotopic (exact) mass is 286 g/mol. The number of benzene rings is 2. The van der Waals surface area contributed by atoms with Gasteiger partial charge >= 0.3 is 0 Å². The van der Waals surface area contributed by atoms with Gasteiger partial charge in [0, 0.05) is 0 Å². The fourth-order valence-electron chi connectivity index (χ4n) is 2.87. The Balaban J connectivity index is 1.68. The lowest BCUT2D eigenvalue weighted by molar-refractivity contribution is 0.481. The first-order valence-corrected chi connectivity index (χ1v) is 7.73. The van der Waals surface area contributed by atoms with Crippen LogP contribution in [0, 0.1) is 5.92 Å². The topological polar surface area (TPSA) is 9.23 Å². The van der Waals surface area contributed by atoms with Gasteiger partial charge in [0.25, 0.3) is 0 Å². The summed E-state index contributed by atoms with van der Waals surface area (Å²) in [7, 11) is 0. The second-order valence-electron chi connectivity index (χ2n) is 5.43. The summed E-state index contributed by atoms with van der Waals surface area (Å²) in [4.78, 5) is 0. The Morgan fingerprint density at radius 2 is 1.45 bits per heavy atom. The summed E-state index contributed by atoms with van der Waals surface area (Å²) in [6.45, 7) is 0. The molecule has 2 aromatic carbocycles. The van der Waals surface area contributed by atoms with Crippen molar-refractivity contribution in [1.82, 2.24) is 0 Å². The largest absolute Gasteiger partial charge is 0.457 e. The molecule has 2 aromatic rings. The fraction of sp³-hybridized carbons (Fsp3) is 0.333. The predicted octanol–water partition coefficient (Wildman–Crippen LogP) is 5.95. The van der Waals surface area contributed by atoms with Crippen LogP contribution in [0.25, 0.3) is 0 Å². The minimum absolute atomic E-state index is 0.142. The van der Waals surface area contributed by atoms with E-state index in [-0.39, 0.29) is 5.38 Å². The Labute approximate surface area is 125 Å². The van der Waals surface area contributed by atoms with Crippen LogP contribution in [0.3, 0.4) is 0 Å². The van der Waals surface area contributed by atoms with Crippen LogP contribution in [0.4, 0.5) is 0 Å². The summed E-state index contributed by atoms with van der Waals surface area (Å²) >= 11 is 6.58. The number of hydrogen-bond donors (Lipinski definition) is 0. The number of para-hydroxylation sites is 1. The Morgan fingerprint density at radius 1 is 0.850 bits per heavy atom. The van der Waals surface area contributed by atoms with Gasteiger partial charge in [-0.3, -0.25) is 0 Å². The minimum atomic E-state index is 0.142. The van der Waals surface area contributed by atoms with Crippen LogP contribution >= 0.6 is 11.6 Å². The number of rotatable bonds is 4. The van der Waals surface area contributed by atoms with E-state index in [9.17, 15) is 0 Å². The molecule has 0 heterocycles. The van der Waals surface area contributed by atoms with Crippen LogP contribution < -0.4 is 4.74 Å². The first-order valence-electron chi connectivity index (χ1n) is 7.30. The van der Waals surface area contributed by atoms with Gasteiger partial charge in [0.1, 0.15) is 11.5 Å². The maximum Gasteiger partial charge on any atom is 0.127 e. The molecule has 104 valence electrons. The highest BCUT2D eigenvalue weighted by atomic mass is 35.5. The van der Waals surface area contributed by atoms with Gasteiger partial charge in [-0.2, -0.15) is 0 Å². The second kappa shape index (κ2) is 6.32. The van der Waals surface area contributed by atoms with Crippen LogP contribution in [-0.2, 0) is 0 Å². The third kappa shape index (κ3) is 3.16. The van der Waals surface area contributed by atoms with Crippen LogP contribution in [0.15, 0.2) is 54.6 Å². The van der Waals surface area contributed by atoms with E-state index in [1.165, 1.54) is 31.2 Å². The van der Waals surface area contributed by atoms with Crippen molar-refractivity contribution in [3.63, 3.8) is 0 Å². The van der Waals surface area contributed by atoms with Crippen molar-refractivity contribution >= 4 is 11.6 Å². The number of halogens is 1. The van der Waals surface area contributed by atoms with Crippen molar-refractivity contribution in [2.75, 3.05) is 0 Å². The standard InChI is InChI=1S/C18H19ClO/c19-18(14-6-4-5-7-14)15-10-12-17(13-11-15)20-16-8-2-1-3-9-16/h1-3,8-14,18H,4-7H2. The molecule has 20 heavy (non-hydrogen) atoms. The number of ether oxygens (including phenoxy) is 1. The van der Waals surface area contributed by atoms with Crippen LogP contribution in [0.5, 0.6) is 11.5 Å². The molecule has 0 saturated heterocycles. The zero-order chi connectivity index (χ0) is 13.8. The normalized spacial score (nSPS) is 17.1. The lowest BCUT2D eigenvalue weighted by atomic mass is 9.97. The summed E-state index contributed by atoms with van der Waals surface area (Å²) in [5.41, 5.74) is 1.21. The summed E-state index contributed by atoms with van der Waals surface area (Å²) in [6, 6.07) is 18.0. The third-order valence-electron chi connectivity index (χ3n) is 3.99. The molecule has 0 N–H and O–H groups in total. The van der Waals surface area contributed by atoms with Gasteiger partial charge in [0.05, 0.1) is 5.38 Å². The van der Waals surface area contributed by atoms with Gasteiger partial charge in [-0.1, -0.05) is 43.2 Å². The molecular formula is C18H19ClO. The molecular weight excluding hydrogens is 268 g/mol. The molecule has 0 spiro atoms. The number of alkyl halides is 1. The Hall–Kier alpha value is -1.47. The second-order valence-corrected chi connectivity index (χ2v) is 5.90. The maximum atomic E-state index is 6.58. The van der Waals surface area contributed by atoms with E-state index in [1.807, 2.05) is 42.5 Å². The van der Waals surface area contributed by atoms with E-state index in [0.717, 1.165) is 11.5 Å². The Kier molecular flexibility index (Phi) is 4.27. The first-order chi connectivity index (χ1) is 9.83. The van der Waals surface area contributed by atoms with Crippen molar-refractivity contribution in [2.24, 2.45) is 5.92 Å². The molecule has 1 atom stereocenters. The number of hydrogen-bond acceptors (Lipinski definition) is 1. The van der Waals surface area contributed by atoms with Crippen molar-refractivity contribution < 1.29 is 4.74 Å². The van der Waals surface area contributed by atoms with E-state index < -0.39 is 0 Å². The molecule has 0 aliphatic heterocycles. The Morgan fingerprint density at radius 3 is 2.10 bits per heavy atom. The summed E-state index contributed by atoms with van der Waals surface area (Å²) in [5, 5.41) is 0.142. The van der Waals surface area contributed by atoms with Gasteiger partial charge in [0.15, 0.2) is 0 Å². The van der Waals surface area contributed by atoms with Gasteiger partial charge in [-0.25, -0.2) is 0 Å². The average molecular weight is 287 g/mol. The highest BCUT2D eigenvalue weighted by Crippen LogP contribution is 2.40. The SMILES string of the molecule is ClC(c1ccc(Oc2ccccc2)cc1)C1CCCC1. The fourth-order valence-corrected chi connectivity index (χ4v) is 3.26. The van der Waals surface area contributed by atoms with Crippen LogP contribution in [0.2, 0.25) is 0 Å². The van der Waals surface area contributed by atoms with Crippen molar-refractivity contribution in [3.8, 4) is 11.5 Å². The molecule has 3 rings (SSSR count). The lowest BCUT2D eigenvalue weighted by Crippen LogP contribution is -2.03. The highest BCUT2D eigenvalue weighted by molar-refractivity contribution is 6.21. The van der Waals surface area contributed by atoms with E-state index in [1.54, 1.807) is 0 Å². The zero-order valence-corrected chi connectivity index (χ0v) is 12.2. The molecule has 0 amide bonds. The van der Waals surface area contributed by atoms with E-state index >= 15 is 0 Å². The quantitative estimate of drug-likeness (QED) is 0.631. The predicted molar refractivity (Wildman–Crippen MR) is 83.5 cm³/mol. The molecule has 0 radical (unpaired) electrons. The average Bonchev–Trinajstić information content (AvgIpc) is 3.03. The molecule has 1 unspecified atom stereocenters. The van der Waals surface area contributed by atoms with E-state index in [4.69, 9.17) is 16.3 Å². The maximum absolute atomic E-state index is 6.58. The Bertz CT molecular complexity index is 529. The van der Waals surface area contributed by atoms with Crippen LogP contribution in [-0.4, -0.2) is 0 Å². The summed E-state index contributed by atoms with van der Waals surface area (Å²) in [6.07, 6.45) is 5.17. The third-order valence-corrected chi connectivity index (χ3v) is 4.60. The molecule has 1 fully saturated rings. The smallest absolute Gasteiger partial charge is 0.127 e. The van der Waals surface area contributed by atoms with Crippen molar-refractivity contribution in [3.05, 3.63) is 60.2 Å². The van der Waals surface area contributed by atoms with Gasteiger partial charge in [-0.15, -0.1) is 11.6 Å². The van der Waals surface area contributed by atoms with E-state index in [0.29, 0.717) is 5.92 Å². The first kappa shape index (κ1) is 13.5. The van der Waals surface area contributed by atoms with Gasteiger partial charge in [0.2, 0.25) is 0 Å². The van der Waals surface area contributed by atoms with Crippen LogP contribution in [0.1, 0.15) is 36.6 Å². The van der Waals surface area contributed by atoms with Crippen molar-refractivity contribution in [1.29, 1.82) is 0 Å². The minimum Gasteiger partial charge on any atom is -0.457 e. The van der Waals surface area contributed by atoms with Gasteiger partial charge < -0.3 is 4.74 Å². The summed E-state index contributed by atoms with van der Waals surface area (Å²) in [5.74, 6) is 2.35. The molecule has 1 aliphatic rings. The highest BCUT2D eigenvalue weighted by Gasteiger charge is 2.24. The lowest BCUT2D eigenvalue weighted by Gasteiger charge is -2.17.